The monoisotopic (exact) mass is 178 g/mol. The first-order chi connectivity index (χ1) is 6.09. The van der Waals surface area contributed by atoms with Crippen LogP contribution in [0, 0.1) is 6.92 Å². The van der Waals surface area contributed by atoms with E-state index in [1.165, 1.54) is 12.5 Å². The highest BCUT2D eigenvalue weighted by atomic mass is 16.2. The van der Waals surface area contributed by atoms with E-state index < -0.39 is 0 Å². The first-order valence-electron chi connectivity index (χ1n) is 4.17. The topological polar surface area (TPSA) is 32.3 Å². The molecular formula is C10H14N2O. The fourth-order valence-electron chi connectivity index (χ4n) is 1.07. The van der Waals surface area contributed by atoms with Crippen LogP contribution in [0.15, 0.2) is 24.3 Å². The van der Waals surface area contributed by atoms with Crippen molar-refractivity contribution in [2.24, 2.45) is 0 Å². The number of amides is 1. The molecule has 70 valence electrons. The summed E-state index contributed by atoms with van der Waals surface area (Å²) in [6.07, 6.45) is 0. The van der Waals surface area contributed by atoms with Crippen molar-refractivity contribution in [1.29, 1.82) is 0 Å². The molecule has 1 aromatic carbocycles. The van der Waals surface area contributed by atoms with E-state index in [1.807, 2.05) is 38.2 Å². The van der Waals surface area contributed by atoms with Crippen LogP contribution in [-0.4, -0.2) is 13.0 Å². The van der Waals surface area contributed by atoms with Gasteiger partial charge in [-0.15, -0.1) is 0 Å². The number of benzene rings is 1. The van der Waals surface area contributed by atoms with Gasteiger partial charge in [0, 0.05) is 14.0 Å². The van der Waals surface area contributed by atoms with Gasteiger partial charge in [-0.05, 0) is 19.1 Å². The fourth-order valence-corrected chi connectivity index (χ4v) is 1.07. The second-order valence-electron chi connectivity index (χ2n) is 3.06. The number of aryl methyl sites for hydroxylation is 1. The summed E-state index contributed by atoms with van der Waals surface area (Å²) >= 11 is 0. The molecule has 3 heteroatoms. The lowest BCUT2D eigenvalue weighted by molar-refractivity contribution is -0.119. The summed E-state index contributed by atoms with van der Waals surface area (Å²) in [6.45, 7) is 3.52. The average molecular weight is 178 g/mol. The van der Waals surface area contributed by atoms with Crippen molar-refractivity contribution in [3.8, 4) is 0 Å². The van der Waals surface area contributed by atoms with E-state index in [0.29, 0.717) is 0 Å². The molecule has 0 atom stereocenters. The molecule has 0 spiro atoms. The normalized spacial score (nSPS) is 9.46. The van der Waals surface area contributed by atoms with Crippen LogP contribution in [0.4, 0.5) is 5.69 Å². The summed E-state index contributed by atoms with van der Waals surface area (Å²) in [5.74, 6) is -0.0666. The molecule has 3 nitrogen and oxygen atoms in total. The zero-order valence-electron chi connectivity index (χ0n) is 8.16. The van der Waals surface area contributed by atoms with E-state index in [0.717, 1.165) is 5.69 Å². The van der Waals surface area contributed by atoms with Gasteiger partial charge in [0.25, 0.3) is 0 Å². The first-order valence-corrected chi connectivity index (χ1v) is 4.17. The summed E-state index contributed by atoms with van der Waals surface area (Å²) in [4.78, 5) is 10.7. The highest BCUT2D eigenvalue weighted by Gasteiger charge is 1.99. The quantitative estimate of drug-likeness (QED) is 0.696. The van der Waals surface area contributed by atoms with Gasteiger partial charge in [0.2, 0.25) is 5.91 Å². The molecule has 0 bridgehead atoms. The Bertz CT molecular complexity index is 292. The third-order valence-electron chi connectivity index (χ3n) is 1.75. The van der Waals surface area contributed by atoms with E-state index >= 15 is 0 Å². The third-order valence-corrected chi connectivity index (χ3v) is 1.75. The van der Waals surface area contributed by atoms with Crippen molar-refractivity contribution < 1.29 is 4.79 Å². The van der Waals surface area contributed by atoms with E-state index in [-0.39, 0.29) is 5.91 Å². The predicted octanol–water partition coefficient (Wildman–Crippen LogP) is 1.48. The zero-order valence-corrected chi connectivity index (χ0v) is 8.16. The third kappa shape index (κ3) is 2.78. The van der Waals surface area contributed by atoms with Crippen LogP contribution >= 0.6 is 0 Å². The van der Waals surface area contributed by atoms with Crippen molar-refractivity contribution in [3.05, 3.63) is 29.8 Å². The Balaban J connectivity index is 2.71. The molecule has 1 amide bonds. The Morgan fingerprint density at radius 3 is 2.31 bits per heavy atom. The lowest BCUT2D eigenvalue weighted by atomic mass is 10.2. The molecule has 0 saturated carbocycles. The molecule has 0 aliphatic heterocycles. The van der Waals surface area contributed by atoms with Gasteiger partial charge in [0.05, 0.1) is 5.69 Å². The molecule has 0 heterocycles. The zero-order chi connectivity index (χ0) is 9.84. The molecule has 0 aliphatic rings. The van der Waals surface area contributed by atoms with E-state index in [4.69, 9.17) is 0 Å². The van der Waals surface area contributed by atoms with Crippen LogP contribution in [0.5, 0.6) is 0 Å². The minimum absolute atomic E-state index is 0.0666. The summed E-state index contributed by atoms with van der Waals surface area (Å²) in [6, 6.07) is 7.94. The van der Waals surface area contributed by atoms with Crippen molar-refractivity contribution in [1.82, 2.24) is 5.43 Å². The highest BCUT2D eigenvalue weighted by molar-refractivity contribution is 5.75. The number of rotatable bonds is 2. The number of nitrogens with zero attached hydrogens (tertiary/aromatic N) is 1. The van der Waals surface area contributed by atoms with Crippen molar-refractivity contribution in [2.75, 3.05) is 12.1 Å². The second kappa shape index (κ2) is 3.94. The van der Waals surface area contributed by atoms with Crippen LogP contribution in [0.25, 0.3) is 0 Å². The van der Waals surface area contributed by atoms with Gasteiger partial charge in [-0.1, -0.05) is 17.7 Å². The van der Waals surface area contributed by atoms with Crippen molar-refractivity contribution in [2.45, 2.75) is 13.8 Å². The van der Waals surface area contributed by atoms with Gasteiger partial charge in [0.1, 0.15) is 0 Å². The van der Waals surface area contributed by atoms with E-state index in [1.54, 1.807) is 5.01 Å². The molecule has 1 rings (SSSR count). The van der Waals surface area contributed by atoms with Crippen LogP contribution in [0.2, 0.25) is 0 Å². The summed E-state index contributed by atoms with van der Waals surface area (Å²) < 4.78 is 0. The van der Waals surface area contributed by atoms with Crippen LogP contribution in [0.1, 0.15) is 12.5 Å². The van der Waals surface area contributed by atoms with Gasteiger partial charge >= 0.3 is 0 Å². The Morgan fingerprint density at radius 2 is 1.85 bits per heavy atom. The molecule has 0 unspecified atom stereocenters. The van der Waals surface area contributed by atoms with Crippen LogP contribution in [0.3, 0.4) is 0 Å². The number of carbonyl (C=O) groups is 1. The maximum Gasteiger partial charge on any atom is 0.235 e. The number of anilines is 1. The minimum atomic E-state index is -0.0666. The number of hydrogen-bond donors (Lipinski definition) is 1. The second-order valence-corrected chi connectivity index (χ2v) is 3.06. The van der Waals surface area contributed by atoms with Gasteiger partial charge in [-0.2, -0.15) is 0 Å². The number of hydrogen-bond acceptors (Lipinski definition) is 2. The Morgan fingerprint density at radius 1 is 1.31 bits per heavy atom. The summed E-state index contributed by atoms with van der Waals surface area (Å²) in [5, 5.41) is 1.70. The standard InChI is InChI=1S/C10H14N2O/c1-8-4-6-10(7-5-8)12(3)11-9(2)13/h4-7H,1-3H3,(H,11,13). The first kappa shape index (κ1) is 9.58. The SMILES string of the molecule is CC(=O)NN(C)c1ccc(C)cc1. The lowest BCUT2D eigenvalue weighted by Gasteiger charge is -2.19. The van der Waals surface area contributed by atoms with Gasteiger partial charge in [0.15, 0.2) is 0 Å². The molecule has 0 aliphatic carbocycles. The number of nitrogens with one attached hydrogen (secondary N) is 1. The molecule has 1 aromatic rings. The van der Waals surface area contributed by atoms with Gasteiger partial charge in [-0.25, -0.2) is 0 Å². The molecule has 0 radical (unpaired) electrons. The van der Waals surface area contributed by atoms with E-state index in [9.17, 15) is 4.79 Å². The van der Waals surface area contributed by atoms with Gasteiger partial charge in [-0.3, -0.25) is 15.2 Å². The van der Waals surface area contributed by atoms with E-state index in [2.05, 4.69) is 5.43 Å². The van der Waals surface area contributed by atoms with Crippen LogP contribution in [-0.2, 0) is 4.79 Å². The number of hydrazine groups is 1. The highest BCUT2D eigenvalue weighted by Crippen LogP contribution is 2.10. The minimum Gasteiger partial charge on any atom is -0.289 e. The smallest absolute Gasteiger partial charge is 0.235 e. The summed E-state index contributed by atoms with van der Waals surface area (Å²) in [5.41, 5.74) is 4.85. The molecule has 0 aromatic heterocycles. The molecule has 13 heavy (non-hydrogen) atoms. The summed E-state index contributed by atoms with van der Waals surface area (Å²) in [7, 11) is 1.81. The lowest BCUT2D eigenvalue weighted by Crippen LogP contribution is -2.37. The average Bonchev–Trinajstić information content (AvgIpc) is 2.04. The van der Waals surface area contributed by atoms with Crippen molar-refractivity contribution >= 4 is 11.6 Å². The number of carbonyl (C=O) groups excluding carboxylic acids is 1. The van der Waals surface area contributed by atoms with Gasteiger partial charge < -0.3 is 0 Å². The Hall–Kier alpha value is -1.51. The predicted molar refractivity (Wildman–Crippen MR) is 53.4 cm³/mol. The largest absolute Gasteiger partial charge is 0.289 e. The maximum absolute atomic E-state index is 10.7. The van der Waals surface area contributed by atoms with Crippen LogP contribution < -0.4 is 10.4 Å². The fraction of sp³-hybridized carbons (Fsp3) is 0.300. The Labute approximate surface area is 78.3 Å². The molecule has 0 fully saturated rings. The molecule has 1 N–H and O–H groups in total. The van der Waals surface area contributed by atoms with Crippen molar-refractivity contribution in [3.63, 3.8) is 0 Å². The Kier molecular flexibility index (Phi) is 2.90. The molecule has 0 saturated heterocycles. The molecular weight excluding hydrogens is 164 g/mol. The maximum atomic E-state index is 10.7.